The lowest BCUT2D eigenvalue weighted by atomic mass is 10.2. The van der Waals surface area contributed by atoms with Gasteiger partial charge in [-0.3, -0.25) is 0 Å². The molecule has 0 saturated carbocycles. The zero-order chi connectivity index (χ0) is 16.8. The number of hydrogen-bond acceptors (Lipinski definition) is 3. The molecule has 0 aliphatic rings. The molecule has 1 aromatic rings. The van der Waals surface area contributed by atoms with Crippen LogP contribution in [0.3, 0.4) is 0 Å². The molecule has 0 heterocycles. The Bertz CT molecular complexity index is 583. The van der Waals surface area contributed by atoms with E-state index in [1.165, 1.54) is 11.4 Å². The predicted molar refractivity (Wildman–Crippen MR) is 87.2 cm³/mol. The largest absolute Gasteiger partial charge is 0.338 e. The first-order valence-electron chi connectivity index (χ1n) is 7.28. The van der Waals surface area contributed by atoms with Crippen LogP contribution in [0.25, 0.3) is 0 Å². The lowest BCUT2D eigenvalue weighted by Gasteiger charge is -2.18. The second kappa shape index (κ2) is 8.14. The van der Waals surface area contributed by atoms with Gasteiger partial charge in [0.25, 0.3) is 0 Å². The molecule has 0 saturated heterocycles. The van der Waals surface area contributed by atoms with Gasteiger partial charge >= 0.3 is 6.03 Å². The van der Waals surface area contributed by atoms with E-state index in [2.05, 4.69) is 10.6 Å². The Kier molecular flexibility index (Phi) is 6.83. The zero-order valence-electron chi connectivity index (χ0n) is 13.6. The molecule has 0 radical (unpaired) electrons. The third kappa shape index (κ3) is 5.65. The van der Waals surface area contributed by atoms with Gasteiger partial charge in [-0.1, -0.05) is 31.5 Å². The second-order valence-electron chi connectivity index (χ2n) is 5.67. The Morgan fingerprint density at radius 3 is 2.32 bits per heavy atom. The van der Waals surface area contributed by atoms with Crippen molar-refractivity contribution in [1.82, 2.24) is 14.9 Å². The number of sulfonamides is 1. The van der Waals surface area contributed by atoms with Crippen molar-refractivity contribution in [3.63, 3.8) is 0 Å². The maximum atomic E-state index is 12.3. The highest BCUT2D eigenvalue weighted by Gasteiger charge is 2.20. The summed E-state index contributed by atoms with van der Waals surface area (Å²) in [6.07, 6.45) is 0. The first kappa shape index (κ1) is 18.4. The second-order valence-corrected chi connectivity index (χ2v) is 7.72. The standard InChI is InChI=1S/C15H25N3O3S/c1-12(2)11-17-15(19)16-9-10-18(4)22(20,21)14-7-5-13(3)6-8-14/h5-8,12H,9-11H2,1-4H3,(H2,16,17,19). The maximum absolute atomic E-state index is 12.3. The van der Waals surface area contributed by atoms with Crippen LogP contribution in [0.1, 0.15) is 19.4 Å². The molecule has 0 bridgehead atoms. The first-order valence-corrected chi connectivity index (χ1v) is 8.72. The van der Waals surface area contributed by atoms with E-state index in [9.17, 15) is 13.2 Å². The van der Waals surface area contributed by atoms with Crippen LogP contribution in [-0.4, -0.2) is 45.4 Å². The molecule has 0 atom stereocenters. The number of urea groups is 1. The van der Waals surface area contributed by atoms with E-state index >= 15 is 0 Å². The van der Waals surface area contributed by atoms with Gasteiger partial charge in [-0.25, -0.2) is 13.2 Å². The summed E-state index contributed by atoms with van der Waals surface area (Å²) >= 11 is 0. The molecule has 0 aliphatic heterocycles. The fourth-order valence-corrected chi connectivity index (χ4v) is 2.87. The van der Waals surface area contributed by atoms with E-state index in [4.69, 9.17) is 0 Å². The number of carbonyl (C=O) groups excluding carboxylic acids is 1. The topological polar surface area (TPSA) is 78.5 Å². The van der Waals surface area contributed by atoms with Gasteiger partial charge in [-0.15, -0.1) is 0 Å². The van der Waals surface area contributed by atoms with Crippen molar-refractivity contribution in [3.05, 3.63) is 29.8 Å². The van der Waals surface area contributed by atoms with Crippen LogP contribution in [0.2, 0.25) is 0 Å². The lowest BCUT2D eigenvalue weighted by Crippen LogP contribution is -2.41. The molecule has 1 aromatic carbocycles. The van der Waals surface area contributed by atoms with Crippen molar-refractivity contribution in [2.24, 2.45) is 5.92 Å². The molecule has 0 aromatic heterocycles. The highest BCUT2D eigenvalue weighted by molar-refractivity contribution is 7.89. The fourth-order valence-electron chi connectivity index (χ4n) is 1.70. The van der Waals surface area contributed by atoms with E-state index in [0.29, 0.717) is 12.5 Å². The SMILES string of the molecule is Cc1ccc(S(=O)(=O)N(C)CCNC(=O)NCC(C)C)cc1. The lowest BCUT2D eigenvalue weighted by molar-refractivity contribution is 0.239. The minimum atomic E-state index is -3.52. The molecule has 22 heavy (non-hydrogen) atoms. The van der Waals surface area contributed by atoms with Crippen molar-refractivity contribution in [3.8, 4) is 0 Å². The van der Waals surface area contributed by atoms with Crippen LogP contribution in [0.4, 0.5) is 4.79 Å². The average Bonchev–Trinajstić information content (AvgIpc) is 2.45. The summed E-state index contributed by atoms with van der Waals surface area (Å²) in [6, 6.07) is 6.42. The van der Waals surface area contributed by atoms with Gasteiger partial charge in [0.05, 0.1) is 4.90 Å². The van der Waals surface area contributed by atoms with E-state index in [1.807, 2.05) is 20.8 Å². The zero-order valence-corrected chi connectivity index (χ0v) is 14.4. The Morgan fingerprint density at radius 1 is 1.18 bits per heavy atom. The Labute approximate surface area is 132 Å². The van der Waals surface area contributed by atoms with Gasteiger partial charge < -0.3 is 10.6 Å². The third-order valence-electron chi connectivity index (χ3n) is 3.11. The monoisotopic (exact) mass is 327 g/mol. The number of hydrogen-bond donors (Lipinski definition) is 2. The molecule has 1 rings (SSSR count). The van der Waals surface area contributed by atoms with Crippen molar-refractivity contribution in [2.45, 2.75) is 25.7 Å². The summed E-state index contributed by atoms with van der Waals surface area (Å²) in [6.45, 7) is 6.96. The van der Waals surface area contributed by atoms with Gasteiger partial charge in [-0.05, 0) is 25.0 Å². The van der Waals surface area contributed by atoms with Gasteiger partial charge in [0.1, 0.15) is 0 Å². The van der Waals surface area contributed by atoms with Gasteiger partial charge in [-0.2, -0.15) is 4.31 Å². The number of nitrogens with one attached hydrogen (secondary N) is 2. The number of carbonyl (C=O) groups is 1. The molecule has 2 N–H and O–H groups in total. The van der Waals surface area contributed by atoms with E-state index < -0.39 is 10.0 Å². The number of aryl methyl sites for hydroxylation is 1. The molecule has 124 valence electrons. The summed E-state index contributed by atoms with van der Waals surface area (Å²) < 4.78 is 25.9. The highest BCUT2D eigenvalue weighted by Crippen LogP contribution is 2.14. The van der Waals surface area contributed by atoms with Crippen LogP contribution in [0, 0.1) is 12.8 Å². The minimum absolute atomic E-state index is 0.214. The van der Waals surface area contributed by atoms with Crippen LogP contribution in [0.5, 0.6) is 0 Å². The Morgan fingerprint density at radius 2 is 1.77 bits per heavy atom. The number of benzene rings is 1. The summed E-state index contributed by atoms with van der Waals surface area (Å²) in [7, 11) is -2.01. The highest BCUT2D eigenvalue weighted by atomic mass is 32.2. The van der Waals surface area contributed by atoms with E-state index in [1.54, 1.807) is 24.3 Å². The number of rotatable bonds is 7. The number of amides is 2. The van der Waals surface area contributed by atoms with Crippen molar-refractivity contribution >= 4 is 16.1 Å². The first-order chi connectivity index (χ1) is 10.2. The average molecular weight is 327 g/mol. The molecule has 7 heteroatoms. The molecular formula is C15H25N3O3S. The third-order valence-corrected chi connectivity index (χ3v) is 4.98. The molecule has 0 aliphatic carbocycles. The van der Waals surface area contributed by atoms with Crippen molar-refractivity contribution in [1.29, 1.82) is 0 Å². The Hall–Kier alpha value is -1.60. The number of likely N-dealkylation sites (N-methyl/N-ethyl adjacent to an activating group) is 1. The molecule has 6 nitrogen and oxygen atoms in total. The maximum Gasteiger partial charge on any atom is 0.314 e. The summed E-state index contributed by atoms with van der Waals surface area (Å²) in [5, 5.41) is 5.36. The Balaban J connectivity index is 2.49. The summed E-state index contributed by atoms with van der Waals surface area (Å²) in [5.41, 5.74) is 1.00. The van der Waals surface area contributed by atoms with Gasteiger partial charge in [0.15, 0.2) is 0 Å². The predicted octanol–water partition coefficient (Wildman–Crippen LogP) is 1.57. The normalized spacial score (nSPS) is 11.7. The minimum Gasteiger partial charge on any atom is -0.338 e. The van der Waals surface area contributed by atoms with Gasteiger partial charge in [0, 0.05) is 26.7 Å². The molecule has 0 unspecified atom stereocenters. The van der Waals surface area contributed by atoms with Crippen molar-refractivity contribution < 1.29 is 13.2 Å². The van der Waals surface area contributed by atoms with E-state index in [0.717, 1.165) is 5.56 Å². The molecule has 0 fully saturated rings. The van der Waals surface area contributed by atoms with Crippen LogP contribution in [-0.2, 0) is 10.0 Å². The molecule has 2 amide bonds. The van der Waals surface area contributed by atoms with Crippen LogP contribution in [0.15, 0.2) is 29.2 Å². The van der Waals surface area contributed by atoms with E-state index in [-0.39, 0.29) is 24.0 Å². The van der Waals surface area contributed by atoms with Crippen LogP contribution >= 0.6 is 0 Å². The summed E-state index contributed by atoms with van der Waals surface area (Å²) in [5.74, 6) is 0.371. The van der Waals surface area contributed by atoms with Crippen molar-refractivity contribution in [2.75, 3.05) is 26.7 Å². The quantitative estimate of drug-likeness (QED) is 0.798. The molecule has 0 spiro atoms. The smallest absolute Gasteiger partial charge is 0.314 e. The molecular weight excluding hydrogens is 302 g/mol. The summed E-state index contributed by atoms with van der Waals surface area (Å²) in [4.78, 5) is 11.8. The fraction of sp³-hybridized carbons (Fsp3) is 0.533. The van der Waals surface area contributed by atoms with Gasteiger partial charge in [0.2, 0.25) is 10.0 Å². The number of nitrogens with zero attached hydrogens (tertiary/aromatic N) is 1. The van der Waals surface area contributed by atoms with Crippen LogP contribution < -0.4 is 10.6 Å².